The number of anilines is 1. The van der Waals surface area contributed by atoms with Crippen molar-refractivity contribution in [3.8, 4) is 0 Å². The van der Waals surface area contributed by atoms with Gasteiger partial charge in [0.2, 0.25) is 23.6 Å². The number of fused-ring (bicyclic) bond motifs is 4. The molecule has 2 fully saturated rings. The number of hydrogen-bond donors (Lipinski definition) is 3. The van der Waals surface area contributed by atoms with E-state index in [9.17, 15) is 23.6 Å². The van der Waals surface area contributed by atoms with Gasteiger partial charge in [0.1, 0.15) is 11.4 Å². The third-order valence-corrected chi connectivity index (χ3v) is 7.13. The average Bonchev–Trinajstić information content (AvgIpc) is 3.34. The molecule has 0 radical (unpaired) electrons. The lowest BCUT2D eigenvalue weighted by molar-refractivity contribution is -0.143. The molecule has 4 atom stereocenters. The number of amides is 4. The van der Waals surface area contributed by atoms with Crippen molar-refractivity contribution < 1.29 is 23.6 Å². The molecule has 2 aromatic carbocycles. The van der Waals surface area contributed by atoms with Crippen LogP contribution in [0.1, 0.15) is 24.0 Å². The Bertz CT molecular complexity index is 1220. The standard InChI is InChI=1S/C23H20ClFN4O4/c24-14-4-2-1-3-11(14)10-29-20(31)18-16(7-8-17(26)30)28-23(19(18)21(29)32)13-9-12(25)5-6-15(13)27-22(23)33/h1-6,9,16,18-19,28H,7-8,10H2,(H2,26,30)(H,27,33)/t16-,18-,19+,23+/m1/s1. The van der Waals surface area contributed by atoms with Crippen LogP contribution in [0, 0.1) is 17.7 Å². The summed E-state index contributed by atoms with van der Waals surface area (Å²) in [7, 11) is 0. The number of halogens is 2. The van der Waals surface area contributed by atoms with Crippen LogP contribution in [0.25, 0.3) is 0 Å². The van der Waals surface area contributed by atoms with Gasteiger partial charge in [0.05, 0.1) is 18.4 Å². The van der Waals surface area contributed by atoms with Gasteiger partial charge in [-0.15, -0.1) is 0 Å². The fourth-order valence-electron chi connectivity index (χ4n) is 5.33. The van der Waals surface area contributed by atoms with Crippen LogP contribution in [0.5, 0.6) is 0 Å². The fourth-order valence-corrected chi connectivity index (χ4v) is 5.53. The number of benzene rings is 2. The second kappa shape index (κ2) is 7.64. The quantitative estimate of drug-likeness (QED) is 0.574. The predicted octanol–water partition coefficient (Wildman–Crippen LogP) is 1.67. The van der Waals surface area contributed by atoms with Crippen molar-refractivity contribution in [1.29, 1.82) is 0 Å². The minimum absolute atomic E-state index is 0.0411. The van der Waals surface area contributed by atoms with Crippen LogP contribution in [-0.4, -0.2) is 34.6 Å². The molecule has 2 saturated heterocycles. The lowest BCUT2D eigenvalue weighted by atomic mass is 9.76. The second-order valence-corrected chi connectivity index (χ2v) is 8.97. The van der Waals surface area contributed by atoms with Crippen molar-refractivity contribution in [2.45, 2.75) is 31.0 Å². The second-order valence-electron chi connectivity index (χ2n) is 8.57. The minimum atomic E-state index is -1.63. The highest BCUT2D eigenvalue weighted by atomic mass is 35.5. The van der Waals surface area contributed by atoms with Crippen molar-refractivity contribution >= 4 is 40.9 Å². The Morgan fingerprint density at radius 2 is 1.91 bits per heavy atom. The maximum absolute atomic E-state index is 14.2. The van der Waals surface area contributed by atoms with Crippen molar-refractivity contribution in [3.63, 3.8) is 0 Å². The van der Waals surface area contributed by atoms with E-state index in [1.807, 2.05) is 0 Å². The summed E-state index contributed by atoms with van der Waals surface area (Å²) in [6.07, 6.45) is 0.107. The molecule has 33 heavy (non-hydrogen) atoms. The largest absolute Gasteiger partial charge is 0.370 e. The Morgan fingerprint density at radius 1 is 1.15 bits per heavy atom. The maximum Gasteiger partial charge on any atom is 0.250 e. The zero-order chi connectivity index (χ0) is 23.5. The van der Waals surface area contributed by atoms with Gasteiger partial charge in [-0.2, -0.15) is 0 Å². The summed E-state index contributed by atoms with van der Waals surface area (Å²) in [6, 6.07) is 10.00. The molecule has 3 aliphatic rings. The Balaban J connectivity index is 1.60. The molecule has 0 unspecified atom stereocenters. The number of nitrogens with zero attached hydrogens (tertiary/aromatic N) is 1. The lowest BCUT2D eigenvalue weighted by Gasteiger charge is -2.29. The Labute approximate surface area is 193 Å². The van der Waals surface area contributed by atoms with E-state index >= 15 is 0 Å². The molecule has 1 spiro atoms. The van der Waals surface area contributed by atoms with Crippen LogP contribution in [0.15, 0.2) is 42.5 Å². The van der Waals surface area contributed by atoms with Gasteiger partial charge in [-0.25, -0.2) is 4.39 Å². The van der Waals surface area contributed by atoms with E-state index in [4.69, 9.17) is 17.3 Å². The van der Waals surface area contributed by atoms with E-state index in [2.05, 4.69) is 10.6 Å². The Kier molecular flexibility index (Phi) is 4.98. The summed E-state index contributed by atoms with van der Waals surface area (Å²) in [4.78, 5) is 53.0. The fraction of sp³-hybridized carbons (Fsp3) is 0.304. The average molecular weight is 471 g/mol. The van der Waals surface area contributed by atoms with E-state index in [1.54, 1.807) is 24.3 Å². The van der Waals surface area contributed by atoms with Gasteiger partial charge in [-0.05, 0) is 36.2 Å². The number of imide groups is 1. The summed E-state index contributed by atoms with van der Waals surface area (Å²) in [6.45, 7) is -0.0550. The molecule has 3 aliphatic heterocycles. The van der Waals surface area contributed by atoms with Gasteiger partial charge in [-0.1, -0.05) is 29.8 Å². The predicted molar refractivity (Wildman–Crippen MR) is 116 cm³/mol. The first kappa shape index (κ1) is 21.5. The molecular formula is C23H20ClFN4O4. The van der Waals surface area contributed by atoms with Crippen molar-refractivity contribution in [3.05, 3.63) is 64.4 Å². The monoisotopic (exact) mass is 470 g/mol. The van der Waals surface area contributed by atoms with Crippen LogP contribution in [0.4, 0.5) is 10.1 Å². The van der Waals surface area contributed by atoms with Gasteiger partial charge in [-0.3, -0.25) is 29.4 Å². The summed E-state index contributed by atoms with van der Waals surface area (Å²) in [5.74, 6) is -4.73. The lowest BCUT2D eigenvalue weighted by Crippen LogP contribution is -2.53. The molecular weight excluding hydrogens is 451 g/mol. The molecule has 8 nitrogen and oxygen atoms in total. The highest BCUT2D eigenvalue weighted by molar-refractivity contribution is 6.31. The Hall–Kier alpha value is -3.30. The summed E-state index contributed by atoms with van der Waals surface area (Å²) < 4.78 is 14.2. The molecule has 0 aromatic heterocycles. The van der Waals surface area contributed by atoms with Crippen LogP contribution in [-0.2, 0) is 31.3 Å². The van der Waals surface area contributed by atoms with Gasteiger partial charge in [0.25, 0.3) is 0 Å². The molecule has 0 aliphatic carbocycles. The molecule has 10 heteroatoms. The number of carbonyl (C=O) groups excluding carboxylic acids is 4. The molecule has 2 aromatic rings. The third-order valence-electron chi connectivity index (χ3n) is 6.76. The zero-order valence-electron chi connectivity index (χ0n) is 17.3. The Morgan fingerprint density at radius 3 is 2.64 bits per heavy atom. The van der Waals surface area contributed by atoms with E-state index in [1.165, 1.54) is 18.2 Å². The number of hydrogen-bond acceptors (Lipinski definition) is 5. The minimum Gasteiger partial charge on any atom is -0.370 e. The smallest absolute Gasteiger partial charge is 0.250 e. The number of nitrogens with one attached hydrogen (secondary N) is 2. The summed E-state index contributed by atoms with van der Waals surface area (Å²) in [5, 5.41) is 6.24. The molecule has 0 saturated carbocycles. The maximum atomic E-state index is 14.2. The van der Waals surface area contributed by atoms with E-state index in [0.29, 0.717) is 16.3 Å². The zero-order valence-corrected chi connectivity index (χ0v) is 18.1. The molecule has 5 rings (SSSR count). The number of primary amides is 1. The normalized spacial score (nSPS) is 27.8. The van der Waals surface area contributed by atoms with E-state index < -0.39 is 52.9 Å². The first-order chi connectivity index (χ1) is 15.7. The molecule has 3 heterocycles. The van der Waals surface area contributed by atoms with Gasteiger partial charge in [0.15, 0.2) is 0 Å². The van der Waals surface area contributed by atoms with E-state index in [0.717, 1.165) is 4.90 Å². The SMILES string of the molecule is NC(=O)CC[C@H]1N[C@]2(C(=O)Nc3ccc(F)cc32)[C@@H]2C(=O)N(Cc3ccccc3Cl)C(=O)[C@@H]21. The first-order valence-corrected chi connectivity index (χ1v) is 10.9. The van der Waals surface area contributed by atoms with Crippen LogP contribution < -0.4 is 16.4 Å². The highest BCUT2D eigenvalue weighted by Crippen LogP contribution is 2.53. The highest BCUT2D eigenvalue weighted by Gasteiger charge is 2.70. The van der Waals surface area contributed by atoms with Crippen molar-refractivity contribution in [2.24, 2.45) is 17.6 Å². The van der Waals surface area contributed by atoms with Crippen molar-refractivity contribution in [1.82, 2.24) is 10.2 Å². The number of nitrogens with two attached hydrogens (primary N) is 1. The third kappa shape index (κ3) is 3.14. The first-order valence-electron chi connectivity index (χ1n) is 10.5. The van der Waals surface area contributed by atoms with Crippen LogP contribution in [0.3, 0.4) is 0 Å². The van der Waals surface area contributed by atoms with Crippen LogP contribution in [0.2, 0.25) is 5.02 Å². The summed E-state index contributed by atoms with van der Waals surface area (Å²) in [5.41, 5.74) is 4.90. The molecule has 170 valence electrons. The van der Waals surface area contributed by atoms with Gasteiger partial charge < -0.3 is 11.1 Å². The van der Waals surface area contributed by atoms with Crippen LogP contribution >= 0.6 is 11.6 Å². The van der Waals surface area contributed by atoms with Gasteiger partial charge >= 0.3 is 0 Å². The van der Waals surface area contributed by atoms with Crippen molar-refractivity contribution in [2.75, 3.05) is 5.32 Å². The topological polar surface area (TPSA) is 122 Å². The molecule has 4 amide bonds. The van der Waals surface area contributed by atoms with E-state index in [-0.39, 0.29) is 24.9 Å². The molecule has 0 bridgehead atoms. The molecule has 4 N–H and O–H groups in total. The number of carbonyl (C=O) groups is 4. The number of rotatable bonds is 5. The number of likely N-dealkylation sites (tertiary alicyclic amines) is 1. The summed E-state index contributed by atoms with van der Waals surface area (Å²) >= 11 is 6.24. The van der Waals surface area contributed by atoms with Gasteiger partial charge in [0, 0.05) is 28.7 Å².